The van der Waals surface area contributed by atoms with Crippen molar-refractivity contribution in [1.82, 2.24) is 30.2 Å². The van der Waals surface area contributed by atoms with Gasteiger partial charge < -0.3 is 21.1 Å². The third kappa shape index (κ3) is 4.34. The van der Waals surface area contributed by atoms with Crippen molar-refractivity contribution < 1.29 is 14.3 Å². The van der Waals surface area contributed by atoms with Crippen molar-refractivity contribution in [1.29, 1.82) is 0 Å². The van der Waals surface area contributed by atoms with E-state index in [1.807, 2.05) is 12.1 Å². The highest BCUT2D eigenvalue weighted by atomic mass is 16.5. The first-order valence-corrected chi connectivity index (χ1v) is 10.6. The number of amides is 2. The molecule has 0 unspecified atom stereocenters. The molecular weight excluding hydrogens is 410 g/mol. The number of ketones is 1. The van der Waals surface area contributed by atoms with E-state index in [1.165, 1.54) is 6.33 Å². The second-order valence-electron chi connectivity index (χ2n) is 8.00. The molecule has 3 heterocycles. The molecular formula is C22H27N7O3. The average Bonchev–Trinajstić information content (AvgIpc) is 3.21. The molecule has 0 spiro atoms. The first kappa shape index (κ1) is 21.5. The van der Waals surface area contributed by atoms with Crippen LogP contribution in [0.3, 0.4) is 0 Å². The minimum Gasteiger partial charge on any atom is -0.481 e. The van der Waals surface area contributed by atoms with Crippen LogP contribution < -0.4 is 21.1 Å². The summed E-state index contributed by atoms with van der Waals surface area (Å²) in [6.07, 6.45) is 6.91. The number of nitrogens with one attached hydrogen (secondary N) is 2. The zero-order valence-corrected chi connectivity index (χ0v) is 18.2. The van der Waals surface area contributed by atoms with Gasteiger partial charge >= 0.3 is 6.03 Å². The summed E-state index contributed by atoms with van der Waals surface area (Å²) < 4.78 is 6.88. The van der Waals surface area contributed by atoms with Crippen molar-refractivity contribution in [3.8, 4) is 17.1 Å². The number of pyridine rings is 1. The van der Waals surface area contributed by atoms with Gasteiger partial charge in [-0.25, -0.2) is 19.3 Å². The van der Waals surface area contributed by atoms with Crippen LogP contribution in [-0.4, -0.2) is 51.6 Å². The van der Waals surface area contributed by atoms with Gasteiger partial charge in [0.1, 0.15) is 11.8 Å². The molecule has 32 heavy (non-hydrogen) atoms. The number of anilines is 1. The third-order valence-electron chi connectivity index (χ3n) is 6.01. The van der Waals surface area contributed by atoms with Crippen molar-refractivity contribution in [2.24, 2.45) is 5.92 Å². The van der Waals surface area contributed by atoms with Crippen molar-refractivity contribution in [2.45, 2.75) is 38.1 Å². The van der Waals surface area contributed by atoms with Crippen molar-refractivity contribution >= 4 is 23.1 Å². The van der Waals surface area contributed by atoms with Gasteiger partial charge in [0.05, 0.1) is 12.8 Å². The van der Waals surface area contributed by atoms with Crippen LogP contribution in [0.1, 0.15) is 42.5 Å². The number of rotatable bonds is 6. The van der Waals surface area contributed by atoms with Crippen LogP contribution in [0.4, 0.5) is 10.6 Å². The molecule has 10 heteroatoms. The molecule has 1 aliphatic carbocycles. The number of nitrogens with two attached hydrogens (primary N) is 1. The molecule has 2 amide bonds. The smallest absolute Gasteiger partial charge is 0.314 e. The average molecular weight is 438 g/mol. The highest BCUT2D eigenvalue weighted by Crippen LogP contribution is 2.33. The van der Waals surface area contributed by atoms with Crippen LogP contribution in [0, 0.1) is 5.92 Å². The molecule has 0 aliphatic heterocycles. The Morgan fingerprint density at radius 1 is 1.22 bits per heavy atom. The van der Waals surface area contributed by atoms with E-state index in [2.05, 4.69) is 25.7 Å². The fourth-order valence-corrected chi connectivity index (χ4v) is 4.31. The molecule has 168 valence electrons. The number of carbonyl (C=O) groups is 2. The van der Waals surface area contributed by atoms with E-state index >= 15 is 0 Å². The zero-order valence-electron chi connectivity index (χ0n) is 18.2. The summed E-state index contributed by atoms with van der Waals surface area (Å²) in [6.45, 7) is 0. The molecule has 0 aromatic carbocycles. The van der Waals surface area contributed by atoms with E-state index in [1.54, 1.807) is 30.9 Å². The number of hydrogen-bond acceptors (Lipinski definition) is 7. The second-order valence-corrected chi connectivity index (χ2v) is 8.00. The highest BCUT2D eigenvalue weighted by Gasteiger charge is 2.27. The Bertz CT molecular complexity index is 1140. The van der Waals surface area contributed by atoms with Gasteiger partial charge in [0.25, 0.3) is 0 Å². The maximum Gasteiger partial charge on any atom is 0.314 e. The standard InChI is InChI=1S/C22H27N7O3/c1-24-22(31)28-15-5-3-13(4-6-15)9-18(30)16-11-17(14-7-8-25-19(10-14)32-2)29-20(16)21(23)26-12-27-29/h7-8,10-13,15H,3-6,9H2,1-2H3,(H2,23,26,27)(H2,24,28,31). The SMILES string of the molecule is CNC(=O)NC1CCC(CC(=O)c2cc(-c3ccnc(OC)c3)n3ncnc(N)c23)CC1. The number of nitrogens with zero attached hydrogens (tertiary/aromatic N) is 4. The Morgan fingerprint density at radius 3 is 2.72 bits per heavy atom. The van der Waals surface area contributed by atoms with Crippen molar-refractivity contribution in [2.75, 3.05) is 19.9 Å². The Labute approximate surface area is 185 Å². The second kappa shape index (κ2) is 9.21. The quantitative estimate of drug-likeness (QED) is 0.504. The van der Waals surface area contributed by atoms with Gasteiger partial charge in [0, 0.05) is 42.9 Å². The molecule has 4 N–H and O–H groups in total. The molecule has 0 bridgehead atoms. The lowest BCUT2D eigenvalue weighted by Gasteiger charge is -2.28. The van der Waals surface area contributed by atoms with E-state index < -0.39 is 0 Å². The maximum atomic E-state index is 13.3. The molecule has 1 fully saturated rings. The fraction of sp³-hybridized carbons (Fsp3) is 0.409. The van der Waals surface area contributed by atoms with E-state index in [-0.39, 0.29) is 29.6 Å². The van der Waals surface area contributed by atoms with Gasteiger partial charge in [-0.1, -0.05) is 0 Å². The molecule has 3 aromatic heterocycles. The minimum absolute atomic E-state index is 0.0129. The van der Waals surface area contributed by atoms with Gasteiger partial charge in [-0.15, -0.1) is 0 Å². The number of urea groups is 1. The first-order valence-electron chi connectivity index (χ1n) is 10.6. The molecule has 0 saturated heterocycles. The maximum absolute atomic E-state index is 13.3. The number of nitrogen functional groups attached to an aromatic ring is 1. The Balaban J connectivity index is 1.57. The summed E-state index contributed by atoms with van der Waals surface area (Å²) in [5, 5.41) is 9.87. The Hall–Kier alpha value is -3.69. The lowest BCUT2D eigenvalue weighted by atomic mass is 9.82. The van der Waals surface area contributed by atoms with Crippen molar-refractivity contribution in [3.63, 3.8) is 0 Å². The molecule has 0 radical (unpaired) electrons. The van der Waals surface area contributed by atoms with E-state index in [9.17, 15) is 9.59 Å². The van der Waals surface area contributed by atoms with E-state index in [0.717, 1.165) is 36.9 Å². The highest BCUT2D eigenvalue weighted by molar-refractivity contribution is 6.06. The number of methoxy groups -OCH3 is 1. The summed E-state index contributed by atoms with van der Waals surface area (Å²) in [6, 6.07) is 5.41. The lowest BCUT2D eigenvalue weighted by molar-refractivity contribution is 0.0947. The van der Waals surface area contributed by atoms with Crippen LogP contribution in [0.15, 0.2) is 30.7 Å². The number of hydrogen-bond donors (Lipinski definition) is 3. The van der Waals surface area contributed by atoms with E-state index in [0.29, 0.717) is 23.4 Å². The Kier molecular flexibility index (Phi) is 6.20. The van der Waals surface area contributed by atoms with E-state index in [4.69, 9.17) is 10.5 Å². The van der Waals surface area contributed by atoms with Crippen LogP contribution in [0.25, 0.3) is 16.8 Å². The van der Waals surface area contributed by atoms with Crippen LogP contribution in [0.2, 0.25) is 0 Å². The summed E-state index contributed by atoms with van der Waals surface area (Å²) in [5.41, 5.74) is 8.70. The zero-order chi connectivity index (χ0) is 22.7. The normalized spacial score (nSPS) is 18.3. The number of Topliss-reactive ketones (excluding diaryl/α,β-unsaturated/α-hetero) is 1. The topological polar surface area (TPSA) is 137 Å². The predicted octanol–water partition coefficient (Wildman–Crippen LogP) is 2.44. The predicted molar refractivity (Wildman–Crippen MR) is 119 cm³/mol. The van der Waals surface area contributed by atoms with Gasteiger partial charge in [0.2, 0.25) is 5.88 Å². The monoisotopic (exact) mass is 437 g/mol. The largest absolute Gasteiger partial charge is 0.481 e. The van der Waals surface area contributed by atoms with Crippen LogP contribution in [0.5, 0.6) is 5.88 Å². The molecule has 1 saturated carbocycles. The summed E-state index contributed by atoms with van der Waals surface area (Å²) in [5.74, 6) is 0.998. The molecule has 1 aliphatic rings. The molecule has 3 aromatic rings. The minimum atomic E-state index is -0.166. The van der Waals surface area contributed by atoms with Gasteiger partial charge in [-0.2, -0.15) is 5.10 Å². The van der Waals surface area contributed by atoms with Gasteiger partial charge in [0.15, 0.2) is 11.6 Å². The number of fused-ring (bicyclic) bond motifs is 1. The molecule has 10 nitrogen and oxygen atoms in total. The number of carbonyl (C=O) groups excluding carboxylic acids is 2. The number of ether oxygens (including phenoxy) is 1. The molecule has 0 atom stereocenters. The summed E-state index contributed by atoms with van der Waals surface area (Å²) >= 11 is 0. The lowest BCUT2D eigenvalue weighted by Crippen LogP contribution is -2.42. The summed E-state index contributed by atoms with van der Waals surface area (Å²) in [7, 11) is 3.16. The van der Waals surface area contributed by atoms with Gasteiger partial charge in [-0.3, -0.25) is 4.79 Å². The summed E-state index contributed by atoms with van der Waals surface area (Å²) in [4.78, 5) is 33.1. The molecule has 4 rings (SSSR count). The first-order chi connectivity index (χ1) is 15.5. The van der Waals surface area contributed by atoms with Crippen LogP contribution in [-0.2, 0) is 0 Å². The third-order valence-corrected chi connectivity index (χ3v) is 6.01. The Morgan fingerprint density at radius 2 is 2.00 bits per heavy atom. The number of aromatic nitrogens is 4. The van der Waals surface area contributed by atoms with Crippen molar-refractivity contribution in [3.05, 3.63) is 36.3 Å². The van der Waals surface area contributed by atoms with Crippen LogP contribution >= 0.6 is 0 Å². The fourth-order valence-electron chi connectivity index (χ4n) is 4.31. The van der Waals surface area contributed by atoms with Gasteiger partial charge in [-0.05, 0) is 43.7 Å².